The lowest BCUT2D eigenvalue weighted by atomic mass is 10.2. The van der Waals surface area contributed by atoms with Crippen LogP contribution in [0.3, 0.4) is 0 Å². The van der Waals surface area contributed by atoms with Gasteiger partial charge in [0.25, 0.3) is 0 Å². The lowest BCUT2D eigenvalue weighted by Crippen LogP contribution is -2.18. The summed E-state index contributed by atoms with van der Waals surface area (Å²) in [5.41, 5.74) is 3.91. The number of aromatic nitrogens is 2. The van der Waals surface area contributed by atoms with Gasteiger partial charge in [0.2, 0.25) is 5.91 Å². The molecule has 6 nitrogen and oxygen atoms in total. The van der Waals surface area contributed by atoms with Crippen LogP contribution in [0.2, 0.25) is 0 Å². The van der Waals surface area contributed by atoms with E-state index in [1.807, 2.05) is 67.7 Å². The highest BCUT2D eigenvalue weighted by molar-refractivity contribution is 8.00. The average Bonchev–Trinajstić information content (AvgIpc) is 3.12. The second-order valence-electron chi connectivity index (χ2n) is 7.30. The summed E-state index contributed by atoms with van der Waals surface area (Å²) in [4.78, 5) is 17.2. The van der Waals surface area contributed by atoms with E-state index in [4.69, 9.17) is 9.47 Å². The van der Waals surface area contributed by atoms with Crippen LogP contribution in [-0.2, 0) is 25.1 Å². The number of imidazole rings is 1. The van der Waals surface area contributed by atoms with E-state index < -0.39 is 0 Å². The molecule has 0 fully saturated rings. The summed E-state index contributed by atoms with van der Waals surface area (Å²) in [7, 11) is 2.00. The molecular formula is C24H21N3O3S. The maximum Gasteiger partial charge on any atom is 0.234 e. The van der Waals surface area contributed by atoms with Gasteiger partial charge < -0.3 is 19.4 Å². The number of hydrogen-bond acceptors (Lipinski definition) is 5. The fourth-order valence-electron chi connectivity index (χ4n) is 3.51. The van der Waals surface area contributed by atoms with Gasteiger partial charge in [-0.3, -0.25) is 4.79 Å². The molecule has 156 valence electrons. The lowest BCUT2D eigenvalue weighted by Gasteiger charge is -2.17. The summed E-state index contributed by atoms with van der Waals surface area (Å²) >= 11 is 1.52. The van der Waals surface area contributed by atoms with Gasteiger partial charge in [-0.15, -0.1) is 11.8 Å². The molecule has 1 aliphatic heterocycles. The van der Waals surface area contributed by atoms with Crippen molar-refractivity contribution in [2.45, 2.75) is 18.1 Å². The van der Waals surface area contributed by atoms with Crippen molar-refractivity contribution >= 4 is 34.4 Å². The maximum absolute atomic E-state index is 11.5. The highest BCUT2D eigenvalue weighted by atomic mass is 32.2. The van der Waals surface area contributed by atoms with Crippen LogP contribution >= 0.6 is 11.8 Å². The van der Waals surface area contributed by atoms with Crippen LogP contribution < -0.4 is 14.8 Å². The molecule has 31 heavy (non-hydrogen) atoms. The van der Waals surface area contributed by atoms with E-state index in [-0.39, 0.29) is 5.91 Å². The Morgan fingerprint density at radius 3 is 2.74 bits per heavy atom. The Labute approximate surface area is 184 Å². The SMILES string of the molecule is Cn1c(COc2cccc(COc3ccc4c(c3)SCC(=O)N4)c2)nc2ccccc21. The zero-order valence-electron chi connectivity index (χ0n) is 17.0. The van der Waals surface area contributed by atoms with Gasteiger partial charge in [-0.2, -0.15) is 0 Å². The number of amides is 1. The van der Waals surface area contributed by atoms with E-state index in [2.05, 4.69) is 20.9 Å². The molecule has 1 amide bonds. The minimum atomic E-state index is 0.0293. The molecule has 1 aliphatic rings. The molecule has 5 rings (SSSR count). The van der Waals surface area contributed by atoms with Crippen LogP contribution in [0.25, 0.3) is 11.0 Å². The molecule has 0 atom stereocenters. The summed E-state index contributed by atoms with van der Waals surface area (Å²) < 4.78 is 14.0. The van der Waals surface area contributed by atoms with Gasteiger partial charge >= 0.3 is 0 Å². The van der Waals surface area contributed by atoms with Crippen molar-refractivity contribution in [1.29, 1.82) is 0 Å². The molecule has 0 unspecified atom stereocenters. The number of ether oxygens (including phenoxy) is 2. The number of benzene rings is 3. The number of carbonyl (C=O) groups excluding carboxylic acids is 1. The number of rotatable bonds is 6. The monoisotopic (exact) mass is 431 g/mol. The van der Waals surface area contributed by atoms with Gasteiger partial charge in [-0.25, -0.2) is 4.98 Å². The lowest BCUT2D eigenvalue weighted by molar-refractivity contribution is -0.113. The van der Waals surface area contributed by atoms with E-state index in [1.165, 1.54) is 11.8 Å². The van der Waals surface area contributed by atoms with E-state index in [9.17, 15) is 4.79 Å². The zero-order chi connectivity index (χ0) is 21.2. The van der Waals surface area contributed by atoms with E-state index in [1.54, 1.807) is 0 Å². The second kappa shape index (κ2) is 8.35. The van der Waals surface area contributed by atoms with Gasteiger partial charge in [-0.05, 0) is 48.0 Å². The number of para-hydroxylation sites is 2. The fourth-order valence-corrected chi connectivity index (χ4v) is 4.34. The van der Waals surface area contributed by atoms with Crippen molar-refractivity contribution < 1.29 is 14.3 Å². The van der Waals surface area contributed by atoms with Crippen LogP contribution in [0.5, 0.6) is 11.5 Å². The van der Waals surface area contributed by atoms with Crippen molar-refractivity contribution in [3.8, 4) is 11.5 Å². The van der Waals surface area contributed by atoms with Crippen LogP contribution in [0.4, 0.5) is 5.69 Å². The Morgan fingerprint density at radius 2 is 1.84 bits per heavy atom. The Balaban J connectivity index is 1.23. The molecule has 3 aromatic carbocycles. The third kappa shape index (κ3) is 4.22. The Kier molecular flexibility index (Phi) is 5.26. The molecule has 2 heterocycles. The topological polar surface area (TPSA) is 65.4 Å². The van der Waals surface area contributed by atoms with E-state index in [0.717, 1.165) is 44.5 Å². The third-order valence-electron chi connectivity index (χ3n) is 5.14. The van der Waals surface area contributed by atoms with Crippen molar-refractivity contribution in [2.24, 2.45) is 7.05 Å². The normalized spacial score (nSPS) is 13.0. The summed E-state index contributed by atoms with van der Waals surface area (Å²) in [6.45, 7) is 0.822. The number of fused-ring (bicyclic) bond motifs is 2. The molecule has 7 heteroatoms. The predicted molar refractivity (Wildman–Crippen MR) is 122 cm³/mol. The molecule has 1 aromatic heterocycles. The number of anilines is 1. The van der Waals surface area contributed by atoms with Crippen LogP contribution in [-0.4, -0.2) is 21.2 Å². The first-order valence-electron chi connectivity index (χ1n) is 9.97. The van der Waals surface area contributed by atoms with Gasteiger partial charge in [0.1, 0.15) is 30.5 Å². The van der Waals surface area contributed by atoms with Gasteiger partial charge in [0.05, 0.1) is 22.5 Å². The van der Waals surface area contributed by atoms with Crippen molar-refractivity contribution in [2.75, 3.05) is 11.1 Å². The van der Waals surface area contributed by atoms with Gasteiger partial charge in [-0.1, -0.05) is 24.3 Å². The van der Waals surface area contributed by atoms with Crippen LogP contribution in [0, 0.1) is 0 Å². The Morgan fingerprint density at radius 1 is 1.00 bits per heavy atom. The molecule has 0 spiro atoms. The van der Waals surface area contributed by atoms with Crippen molar-refractivity contribution in [1.82, 2.24) is 9.55 Å². The number of nitrogens with one attached hydrogen (secondary N) is 1. The first kappa shape index (κ1) is 19.5. The average molecular weight is 432 g/mol. The summed E-state index contributed by atoms with van der Waals surface area (Å²) in [6.07, 6.45) is 0. The Bertz CT molecular complexity index is 1270. The third-order valence-corrected chi connectivity index (χ3v) is 6.19. The number of hydrogen-bond donors (Lipinski definition) is 1. The first-order chi connectivity index (χ1) is 15.2. The second-order valence-corrected chi connectivity index (χ2v) is 8.31. The van der Waals surface area contributed by atoms with Crippen LogP contribution in [0.1, 0.15) is 11.4 Å². The Hall–Kier alpha value is -3.45. The molecule has 0 aliphatic carbocycles. The highest BCUT2D eigenvalue weighted by Crippen LogP contribution is 2.34. The summed E-state index contributed by atoms with van der Waals surface area (Å²) in [6, 6.07) is 21.7. The van der Waals surface area contributed by atoms with E-state index in [0.29, 0.717) is 19.0 Å². The summed E-state index contributed by atoms with van der Waals surface area (Å²) in [5, 5.41) is 2.87. The van der Waals surface area contributed by atoms with E-state index >= 15 is 0 Å². The fraction of sp³-hybridized carbons (Fsp3) is 0.167. The molecule has 0 saturated carbocycles. The summed E-state index contributed by atoms with van der Waals surface area (Å²) in [5.74, 6) is 2.88. The predicted octanol–water partition coefficient (Wildman–Crippen LogP) is 4.78. The number of thioether (sulfide) groups is 1. The van der Waals surface area contributed by atoms with Gasteiger partial charge in [0, 0.05) is 11.9 Å². The number of aryl methyl sites for hydroxylation is 1. The van der Waals surface area contributed by atoms with Crippen molar-refractivity contribution in [3.63, 3.8) is 0 Å². The maximum atomic E-state index is 11.5. The highest BCUT2D eigenvalue weighted by Gasteiger charge is 2.15. The first-order valence-corrected chi connectivity index (χ1v) is 11.0. The molecule has 0 saturated heterocycles. The molecule has 0 bridgehead atoms. The molecule has 0 radical (unpaired) electrons. The van der Waals surface area contributed by atoms with Crippen LogP contribution in [0.15, 0.2) is 71.6 Å². The largest absolute Gasteiger partial charge is 0.489 e. The molecular weight excluding hydrogens is 410 g/mol. The molecule has 4 aromatic rings. The quantitative estimate of drug-likeness (QED) is 0.476. The molecule has 1 N–H and O–H groups in total. The number of carbonyl (C=O) groups is 1. The number of nitrogens with zero attached hydrogens (tertiary/aromatic N) is 2. The minimum Gasteiger partial charge on any atom is -0.489 e. The smallest absolute Gasteiger partial charge is 0.234 e. The standard InChI is InChI=1S/C24H21N3O3S/c1-27-21-8-3-2-7-19(21)25-23(27)14-30-17-6-4-5-16(11-17)13-29-18-9-10-20-22(12-18)31-15-24(28)26-20/h2-12H,13-15H2,1H3,(H,26,28). The minimum absolute atomic E-state index is 0.0293. The zero-order valence-corrected chi connectivity index (χ0v) is 17.8. The van der Waals surface area contributed by atoms with Crippen molar-refractivity contribution in [3.05, 3.63) is 78.1 Å². The van der Waals surface area contributed by atoms with Gasteiger partial charge in [0.15, 0.2) is 0 Å².